The highest BCUT2D eigenvalue weighted by atomic mass is 16.5. The van der Waals surface area contributed by atoms with Crippen LogP contribution in [-0.4, -0.2) is 43.4 Å². The molecule has 2 aliphatic rings. The Morgan fingerprint density at radius 1 is 1.04 bits per heavy atom. The molecule has 1 fully saturated rings. The number of Topliss-reactive ketones (excluding diaryl/α,β-unsaturated/α-hetero) is 1. The van der Waals surface area contributed by atoms with Gasteiger partial charge in [-0.25, -0.2) is 0 Å². The van der Waals surface area contributed by atoms with Crippen molar-refractivity contribution in [1.82, 2.24) is 4.90 Å². The molecule has 2 aromatic carbocycles. The largest absolute Gasteiger partial charge is 0.497 e. The minimum atomic E-state index is -0.0465. The molecule has 0 saturated carbocycles. The monoisotopic (exact) mass is 377 g/mol. The average Bonchev–Trinajstić information content (AvgIpc) is 2.78. The van der Waals surface area contributed by atoms with Crippen LogP contribution < -0.4 is 9.47 Å². The molecule has 0 aromatic heterocycles. The summed E-state index contributed by atoms with van der Waals surface area (Å²) in [6.45, 7) is 1.47. The maximum atomic E-state index is 12.9. The topological polar surface area (TPSA) is 55.8 Å². The van der Waals surface area contributed by atoms with Crippen LogP contribution in [-0.2, 0) is 4.79 Å². The summed E-state index contributed by atoms with van der Waals surface area (Å²) in [5.41, 5.74) is 2.30. The normalized spacial score (nSPS) is 16.6. The number of amides is 1. The number of methoxy groups -OCH3 is 1. The number of hydrogen-bond donors (Lipinski definition) is 0. The van der Waals surface area contributed by atoms with Gasteiger partial charge < -0.3 is 14.4 Å². The van der Waals surface area contributed by atoms with E-state index in [1.54, 1.807) is 31.4 Å². The van der Waals surface area contributed by atoms with Crippen LogP contribution in [0, 0.1) is 5.92 Å². The summed E-state index contributed by atoms with van der Waals surface area (Å²) in [5, 5.41) is 0. The number of para-hydroxylation sites is 1. The summed E-state index contributed by atoms with van der Waals surface area (Å²) >= 11 is 0. The number of rotatable bonds is 4. The van der Waals surface area contributed by atoms with Crippen LogP contribution >= 0.6 is 0 Å². The number of ketones is 1. The lowest BCUT2D eigenvalue weighted by atomic mass is 9.88. The molecular formula is C23H23NO4. The Kier molecular flexibility index (Phi) is 5.15. The Hall–Kier alpha value is -3.08. The third kappa shape index (κ3) is 3.65. The second-order valence-corrected chi connectivity index (χ2v) is 7.16. The van der Waals surface area contributed by atoms with E-state index in [0.29, 0.717) is 43.7 Å². The summed E-state index contributed by atoms with van der Waals surface area (Å²) < 4.78 is 10.8. The van der Waals surface area contributed by atoms with Crippen molar-refractivity contribution in [3.63, 3.8) is 0 Å². The van der Waals surface area contributed by atoms with Crippen LogP contribution in [0.25, 0.3) is 6.08 Å². The molecule has 144 valence electrons. The second kappa shape index (κ2) is 7.89. The molecule has 1 amide bonds. The lowest BCUT2D eigenvalue weighted by molar-refractivity contribution is -0.128. The zero-order valence-electron chi connectivity index (χ0n) is 15.9. The van der Waals surface area contributed by atoms with Gasteiger partial charge in [0.15, 0.2) is 5.78 Å². The molecule has 28 heavy (non-hydrogen) atoms. The minimum absolute atomic E-state index is 0.00449. The number of likely N-dealkylation sites (tertiary alicyclic amines) is 1. The van der Waals surface area contributed by atoms with Gasteiger partial charge in [-0.3, -0.25) is 9.59 Å². The Morgan fingerprint density at radius 2 is 1.75 bits per heavy atom. The van der Waals surface area contributed by atoms with Crippen molar-refractivity contribution in [1.29, 1.82) is 0 Å². The quantitative estimate of drug-likeness (QED) is 0.764. The van der Waals surface area contributed by atoms with Crippen LogP contribution in [0.15, 0.2) is 54.1 Å². The zero-order valence-corrected chi connectivity index (χ0v) is 15.9. The highest BCUT2D eigenvalue weighted by Crippen LogP contribution is 2.28. The van der Waals surface area contributed by atoms with Gasteiger partial charge in [0.25, 0.3) is 5.91 Å². The van der Waals surface area contributed by atoms with Gasteiger partial charge in [-0.2, -0.15) is 0 Å². The van der Waals surface area contributed by atoms with Gasteiger partial charge in [0.1, 0.15) is 18.1 Å². The number of piperidine rings is 1. The van der Waals surface area contributed by atoms with Crippen molar-refractivity contribution in [2.75, 3.05) is 26.8 Å². The number of hydrogen-bond acceptors (Lipinski definition) is 4. The van der Waals surface area contributed by atoms with Crippen molar-refractivity contribution >= 4 is 17.8 Å². The van der Waals surface area contributed by atoms with E-state index in [2.05, 4.69) is 0 Å². The number of fused-ring (bicyclic) bond motifs is 1. The van der Waals surface area contributed by atoms with Crippen molar-refractivity contribution in [2.24, 2.45) is 5.92 Å². The third-order valence-electron chi connectivity index (χ3n) is 5.43. The summed E-state index contributed by atoms with van der Waals surface area (Å²) in [6, 6.07) is 14.9. The fraction of sp³-hybridized carbons (Fsp3) is 0.304. The minimum Gasteiger partial charge on any atom is -0.497 e. The van der Waals surface area contributed by atoms with Crippen LogP contribution in [0.4, 0.5) is 0 Å². The molecule has 5 heteroatoms. The first kappa shape index (κ1) is 18.3. The molecule has 2 aromatic rings. The molecule has 4 rings (SSSR count). The number of ether oxygens (including phenoxy) is 2. The predicted molar refractivity (Wildman–Crippen MR) is 107 cm³/mol. The van der Waals surface area contributed by atoms with Crippen LogP contribution in [0.3, 0.4) is 0 Å². The summed E-state index contributed by atoms with van der Waals surface area (Å²) in [4.78, 5) is 27.4. The first-order valence-electron chi connectivity index (χ1n) is 9.55. The second-order valence-electron chi connectivity index (χ2n) is 7.16. The molecule has 0 N–H and O–H groups in total. The first-order chi connectivity index (χ1) is 13.7. The number of benzene rings is 2. The van der Waals surface area contributed by atoms with E-state index in [4.69, 9.17) is 9.47 Å². The number of carbonyl (C=O) groups is 2. The SMILES string of the molecule is COc1ccc(C(=O)C2CCN(C(=O)C3=Cc4ccccc4OC3)CC2)cc1. The molecule has 0 radical (unpaired) electrons. The molecule has 0 aliphatic carbocycles. The Bertz CT molecular complexity index is 908. The van der Waals surface area contributed by atoms with Gasteiger partial charge in [0.2, 0.25) is 0 Å². The smallest absolute Gasteiger partial charge is 0.253 e. The van der Waals surface area contributed by atoms with Gasteiger partial charge in [-0.05, 0) is 49.2 Å². The standard InChI is InChI=1S/C23H23NO4/c1-27-20-8-6-16(7-9-20)22(25)17-10-12-24(13-11-17)23(26)19-14-18-4-2-3-5-21(18)28-15-19/h2-9,14,17H,10-13,15H2,1H3. The highest BCUT2D eigenvalue weighted by molar-refractivity contribution is 6.00. The summed E-state index contributed by atoms with van der Waals surface area (Å²) in [6.07, 6.45) is 3.28. The Balaban J connectivity index is 1.38. The van der Waals surface area contributed by atoms with Gasteiger partial charge in [-0.15, -0.1) is 0 Å². The lowest BCUT2D eigenvalue weighted by Crippen LogP contribution is -2.41. The van der Waals surface area contributed by atoms with E-state index in [9.17, 15) is 9.59 Å². The van der Waals surface area contributed by atoms with E-state index < -0.39 is 0 Å². The molecule has 0 bridgehead atoms. The Labute approximate surface area is 164 Å². The number of carbonyl (C=O) groups excluding carboxylic acids is 2. The maximum absolute atomic E-state index is 12.9. The van der Waals surface area contributed by atoms with Gasteiger partial charge in [0.05, 0.1) is 12.7 Å². The molecule has 0 atom stereocenters. The fourth-order valence-corrected chi connectivity index (χ4v) is 3.78. The van der Waals surface area contributed by atoms with Crippen LogP contribution in [0.2, 0.25) is 0 Å². The third-order valence-corrected chi connectivity index (χ3v) is 5.43. The summed E-state index contributed by atoms with van der Waals surface area (Å²) in [5.74, 6) is 1.65. The van der Waals surface area contributed by atoms with Crippen LogP contribution in [0.1, 0.15) is 28.8 Å². The molecular weight excluding hydrogens is 354 g/mol. The highest BCUT2D eigenvalue weighted by Gasteiger charge is 2.30. The van der Waals surface area contributed by atoms with Crippen molar-refractivity contribution in [3.05, 3.63) is 65.2 Å². The molecule has 0 spiro atoms. The average molecular weight is 377 g/mol. The van der Waals surface area contributed by atoms with Gasteiger partial charge in [-0.1, -0.05) is 18.2 Å². The zero-order chi connectivity index (χ0) is 19.5. The molecule has 2 aliphatic heterocycles. The van der Waals surface area contributed by atoms with E-state index in [1.165, 1.54) is 0 Å². The molecule has 1 saturated heterocycles. The summed E-state index contributed by atoms with van der Waals surface area (Å²) in [7, 11) is 1.61. The molecule has 5 nitrogen and oxygen atoms in total. The van der Waals surface area contributed by atoms with E-state index in [1.807, 2.05) is 35.2 Å². The van der Waals surface area contributed by atoms with Crippen molar-refractivity contribution in [2.45, 2.75) is 12.8 Å². The lowest BCUT2D eigenvalue weighted by Gasteiger charge is -2.32. The van der Waals surface area contributed by atoms with Crippen molar-refractivity contribution < 1.29 is 19.1 Å². The molecule has 0 unspecified atom stereocenters. The van der Waals surface area contributed by atoms with Gasteiger partial charge >= 0.3 is 0 Å². The van der Waals surface area contributed by atoms with E-state index >= 15 is 0 Å². The first-order valence-corrected chi connectivity index (χ1v) is 9.55. The van der Waals surface area contributed by atoms with Gasteiger partial charge in [0, 0.05) is 30.1 Å². The fourth-order valence-electron chi connectivity index (χ4n) is 3.78. The number of nitrogens with zero attached hydrogens (tertiary/aromatic N) is 1. The maximum Gasteiger partial charge on any atom is 0.253 e. The Morgan fingerprint density at radius 3 is 2.46 bits per heavy atom. The van der Waals surface area contributed by atoms with Crippen LogP contribution in [0.5, 0.6) is 11.5 Å². The molecule has 2 heterocycles. The van der Waals surface area contributed by atoms with E-state index in [-0.39, 0.29) is 17.6 Å². The predicted octanol–water partition coefficient (Wildman–Crippen LogP) is 3.59. The van der Waals surface area contributed by atoms with Crippen molar-refractivity contribution in [3.8, 4) is 11.5 Å². The van der Waals surface area contributed by atoms with E-state index in [0.717, 1.165) is 17.1 Å².